The predicted octanol–water partition coefficient (Wildman–Crippen LogP) is 6.82. The lowest BCUT2D eigenvalue weighted by atomic mass is 9.74. The van der Waals surface area contributed by atoms with E-state index in [9.17, 15) is 39.3 Å². The smallest absolute Gasteiger partial charge is 0.329 e. The van der Waals surface area contributed by atoms with Crippen LogP contribution in [0.4, 0.5) is 0 Å². The largest absolute Gasteiger partial charge is 0.460 e. The number of ketones is 3. The molecule has 1 aliphatic carbocycles. The third-order valence-electron chi connectivity index (χ3n) is 15.2. The second kappa shape index (κ2) is 26.6. The van der Waals surface area contributed by atoms with Gasteiger partial charge in [0.15, 0.2) is 5.78 Å². The summed E-state index contributed by atoms with van der Waals surface area (Å²) < 4.78 is 29.8. The highest BCUT2D eigenvalue weighted by atomic mass is 16.6. The van der Waals surface area contributed by atoms with E-state index in [0.29, 0.717) is 56.9 Å². The van der Waals surface area contributed by atoms with E-state index in [1.165, 1.54) is 12.0 Å². The summed E-state index contributed by atoms with van der Waals surface area (Å²) in [4.78, 5) is 72.1. The molecule has 2 unspecified atom stereocenters. The molecular weight excluding hydrogens is 859 g/mol. The Bertz CT molecular complexity index is 1790. The molecule has 0 radical (unpaired) electrons. The number of ether oxygens (including phenoxy) is 5. The summed E-state index contributed by atoms with van der Waals surface area (Å²) in [5, 5.41) is 33.1. The first-order valence-electron chi connectivity index (χ1n) is 24.9. The quantitative estimate of drug-likeness (QED) is 0.131. The number of carbonyl (C=O) groups is 5. The Balaban J connectivity index is 1.70. The maximum atomic E-state index is 14.4. The van der Waals surface area contributed by atoms with Crippen LogP contribution in [0.1, 0.15) is 132 Å². The van der Waals surface area contributed by atoms with E-state index >= 15 is 0 Å². The van der Waals surface area contributed by atoms with Crippen LogP contribution in [0.2, 0.25) is 0 Å². The molecule has 3 heterocycles. The molecule has 0 aromatic carbocycles. The first kappa shape index (κ1) is 56.2. The van der Waals surface area contributed by atoms with E-state index in [4.69, 9.17) is 23.7 Å². The van der Waals surface area contributed by atoms with Crippen LogP contribution >= 0.6 is 0 Å². The van der Waals surface area contributed by atoms with Crippen molar-refractivity contribution in [1.29, 1.82) is 0 Å². The molecule has 3 aliphatic heterocycles. The summed E-state index contributed by atoms with van der Waals surface area (Å²) in [6, 6.07) is -1.13. The molecule has 0 spiro atoms. The van der Waals surface area contributed by atoms with E-state index in [0.717, 1.165) is 24.8 Å². The minimum Gasteiger partial charge on any atom is -0.460 e. The van der Waals surface area contributed by atoms with Crippen molar-refractivity contribution in [2.75, 3.05) is 34.5 Å². The first-order valence-corrected chi connectivity index (χ1v) is 24.9. The summed E-state index contributed by atoms with van der Waals surface area (Å²) in [6.45, 7) is 12.9. The van der Waals surface area contributed by atoms with Gasteiger partial charge in [-0.2, -0.15) is 0 Å². The van der Waals surface area contributed by atoms with Crippen molar-refractivity contribution >= 4 is 29.2 Å². The SMILES string of the molecule is COC1C[C@@H]2CC[C@@H](C)[C@@](O)(O2)C(=O)C(=O)N2CCCC[C@H]2C(=O)O[C@H]([C@H](C)C[C@@H]2CC[C@@H](CCO)[C@H](OC)C2)CC(=O)[C@H](C)/C=C(\C)[C@@H](O)C(OC)C(=O)[C@H](C)C[C@H](C)/C=C/C=C/C=C/1C. The summed E-state index contributed by atoms with van der Waals surface area (Å²) in [6.07, 6.45) is 13.5. The van der Waals surface area contributed by atoms with Gasteiger partial charge in [-0.1, -0.05) is 71.1 Å². The fourth-order valence-electron chi connectivity index (χ4n) is 10.7. The molecule has 14 heteroatoms. The molecule has 1 amide bonds. The van der Waals surface area contributed by atoms with Crippen LogP contribution in [0.3, 0.4) is 0 Å². The summed E-state index contributed by atoms with van der Waals surface area (Å²) in [5.74, 6) is -7.55. The van der Waals surface area contributed by atoms with Gasteiger partial charge in [0, 0.05) is 65.1 Å². The van der Waals surface area contributed by atoms with E-state index < -0.39 is 77.8 Å². The number of Topliss-reactive ketones (excluding diaryl/α,β-unsaturated/α-hetero) is 3. The third-order valence-corrected chi connectivity index (χ3v) is 15.2. The Morgan fingerprint density at radius 2 is 1.60 bits per heavy atom. The number of amides is 1. The van der Waals surface area contributed by atoms with Crippen LogP contribution in [0.25, 0.3) is 0 Å². The molecule has 4 aliphatic rings. The van der Waals surface area contributed by atoms with Gasteiger partial charge < -0.3 is 43.9 Å². The van der Waals surface area contributed by atoms with Crippen molar-refractivity contribution in [1.82, 2.24) is 4.90 Å². The minimum absolute atomic E-state index is 0.0208. The Hall–Kier alpha value is -3.37. The number of hydrogen-bond donors (Lipinski definition) is 3. The normalized spacial score (nSPS) is 39.6. The molecule has 67 heavy (non-hydrogen) atoms. The molecule has 1 saturated carbocycles. The zero-order valence-electron chi connectivity index (χ0n) is 42.0. The highest BCUT2D eigenvalue weighted by molar-refractivity contribution is 6.39. The number of methoxy groups -OCH3 is 3. The van der Waals surface area contributed by atoms with Gasteiger partial charge >= 0.3 is 5.97 Å². The third kappa shape index (κ3) is 15.1. The molecule has 14 nitrogen and oxygen atoms in total. The van der Waals surface area contributed by atoms with Crippen LogP contribution in [0, 0.1) is 41.4 Å². The lowest BCUT2D eigenvalue weighted by Gasteiger charge is -2.42. The zero-order valence-corrected chi connectivity index (χ0v) is 42.0. The number of carbonyl (C=O) groups excluding carboxylic acids is 5. The Labute approximate surface area is 399 Å². The molecule has 2 saturated heterocycles. The number of fused-ring (bicyclic) bond motifs is 3. The minimum atomic E-state index is -2.43. The summed E-state index contributed by atoms with van der Waals surface area (Å²) >= 11 is 0. The number of allylic oxidation sites excluding steroid dienone is 6. The van der Waals surface area contributed by atoms with Gasteiger partial charge in [-0.25, -0.2) is 4.79 Å². The maximum absolute atomic E-state index is 14.4. The molecule has 2 bridgehead atoms. The van der Waals surface area contributed by atoms with Gasteiger partial charge in [-0.15, -0.1) is 0 Å². The molecule has 0 aromatic heterocycles. The van der Waals surface area contributed by atoms with Crippen LogP contribution in [0.5, 0.6) is 0 Å². The van der Waals surface area contributed by atoms with E-state index in [1.807, 2.05) is 58.1 Å². The number of cyclic esters (lactones) is 1. The summed E-state index contributed by atoms with van der Waals surface area (Å²) in [7, 11) is 4.64. The Morgan fingerprint density at radius 1 is 0.866 bits per heavy atom. The van der Waals surface area contributed by atoms with Gasteiger partial charge in [0.25, 0.3) is 11.7 Å². The molecular formula is C53H83NO13. The molecule has 378 valence electrons. The van der Waals surface area contributed by atoms with Crippen molar-refractivity contribution in [2.45, 2.75) is 180 Å². The van der Waals surface area contributed by atoms with Crippen molar-refractivity contribution in [3.8, 4) is 0 Å². The van der Waals surface area contributed by atoms with Gasteiger partial charge in [0.1, 0.15) is 30.1 Å². The monoisotopic (exact) mass is 942 g/mol. The van der Waals surface area contributed by atoms with Gasteiger partial charge in [0.05, 0.1) is 18.3 Å². The van der Waals surface area contributed by atoms with Crippen molar-refractivity contribution < 1.29 is 63.0 Å². The van der Waals surface area contributed by atoms with Crippen LogP contribution in [0.15, 0.2) is 47.6 Å². The first-order chi connectivity index (χ1) is 31.8. The maximum Gasteiger partial charge on any atom is 0.329 e. The number of hydrogen-bond acceptors (Lipinski definition) is 13. The van der Waals surface area contributed by atoms with Crippen LogP contribution in [-0.2, 0) is 47.7 Å². The Morgan fingerprint density at radius 3 is 2.27 bits per heavy atom. The average Bonchev–Trinajstić information content (AvgIpc) is 3.30. The van der Waals surface area contributed by atoms with E-state index in [-0.39, 0.29) is 67.3 Å². The fourth-order valence-corrected chi connectivity index (χ4v) is 10.7. The highest BCUT2D eigenvalue weighted by Crippen LogP contribution is 2.39. The lowest BCUT2D eigenvalue weighted by Crippen LogP contribution is -2.61. The Kier molecular flexibility index (Phi) is 22.3. The summed E-state index contributed by atoms with van der Waals surface area (Å²) in [5.41, 5.74) is 1.28. The number of esters is 1. The standard InChI is InChI=1S/C53H83NO13/c1-32-16-12-11-13-17-33(2)44(63-8)30-41-22-19-38(7)53(62,67-41)50(59)51(60)54-24-15-14-18-42(54)52(61)66-45(35(4)28-39-20-21-40(23-25-55)46(29-39)64-9)31-43(56)34(3)27-37(6)48(58)49(65-10)47(57)36(5)26-32/h11-13,16-17,27,32,34-36,38-42,44-46,48-49,55,58,62H,14-15,18-26,28-31H2,1-10H3/b13-11+,16-12+,33-17+,37-27+/t32-,34-,35-,36-,38-,39+,40+,41+,42+,44?,45+,46-,48-,49?,53-/m1/s1. The second-order valence-corrected chi connectivity index (χ2v) is 20.3. The van der Waals surface area contributed by atoms with Crippen LogP contribution < -0.4 is 0 Å². The molecule has 4 rings (SSSR count). The van der Waals surface area contributed by atoms with Gasteiger partial charge in [0.2, 0.25) is 5.79 Å². The van der Waals surface area contributed by atoms with Crippen molar-refractivity contribution in [3.05, 3.63) is 47.6 Å². The highest BCUT2D eigenvalue weighted by Gasteiger charge is 2.53. The molecule has 3 fully saturated rings. The number of nitrogens with zero attached hydrogens (tertiary/aromatic N) is 1. The number of aliphatic hydroxyl groups excluding tert-OH is 2. The van der Waals surface area contributed by atoms with Gasteiger partial charge in [-0.3, -0.25) is 19.2 Å². The second-order valence-electron chi connectivity index (χ2n) is 20.3. The molecule has 3 N–H and O–H groups in total. The van der Waals surface area contributed by atoms with E-state index in [1.54, 1.807) is 41.1 Å². The van der Waals surface area contributed by atoms with Crippen molar-refractivity contribution in [3.63, 3.8) is 0 Å². The number of rotatable bonds is 8. The fraction of sp³-hybridized carbons (Fsp3) is 0.755. The van der Waals surface area contributed by atoms with Crippen molar-refractivity contribution in [2.24, 2.45) is 41.4 Å². The zero-order chi connectivity index (χ0) is 49.6. The average molecular weight is 942 g/mol. The predicted molar refractivity (Wildman–Crippen MR) is 254 cm³/mol. The lowest BCUT2D eigenvalue weighted by molar-refractivity contribution is -0.265. The van der Waals surface area contributed by atoms with E-state index in [2.05, 4.69) is 0 Å². The molecule has 15 atom stereocenters. The topological polar surface area (TPSA) is 195 Å². The van der Waals surface area contributed by atoms with Gasteiger partial charge in [-0.05, 0) is 119 Å². The number of aliphatic hydroxyl groups is 3. The van der Waals surface area contributed by atoms with Crippen LogP contribution in [-0.4, -0.2) is 132 Å². The molecule has 0 aromatic rings. The number of piperidine rings is 1.